The Bertz CT molecular complexity index is 889. The summed E-state index contributed by atoms with van der Waals surface area (Å²) in [6.45, 7) is 7.34. The minimum atomic E-state index is -0.571. The fraction of sp³-hybridized carbons (Fsp3) is 0.312. The van der Waals surface area contributed by atoms with E-state index in [9.17, 15) is 19.7 Å². The third kappa shape index (κ3) is 4.55. The molecule has 0 bridgehead atoms. The summed E-state index contributed by atoms with van der Waals surface area (Å²) in [7, 11) is 0. The number of nitro groups is 1. The van der Waals surface area contributed by atoms with Crippen LogP contribution in [0, 0.1) is 13.7 Å². The van der Waals surface area contributed by atoms with Crippen molar-refractivity contribution < 1.29 is 14.5 Å². The van der Waals surface area contributed by atoms with E-state index in [4.69, 9.17) is 0 Å². The second-order valence-corrected chi connectivity index (χ2v) is 8.66. The molecule has 0 aliphatic heterocycles. The summed E-state index contributed by atoms with van der Waals surface area (Å²) in [4.78, 5) is 38.4. The molecule has 1 aromatic carbocycles. The van der Waals surface area contributed by atoms with E-state index >= 15 is 0 Å². The van der Waals surface area contributed by atoms with Gasteiger partial charge in [0.1, 0.15) is 6.20 Å². The molecule has 0 spiro atoms. The van der Waals surface area contributed by atoms with Crippen LogP contribution < -0.4 is 10.6 Å². The summed E-state index contributed by atoms with van der Waals surface area (Å²) in [6, 6.07) is 3.41. The number of hydrogen-bond donors (Lipinski definition) is 2. The summed E-state index contributed by atoms with van der Waals surface area (Å²) in [5, 5.41) is 16.0. The number of amides is 2. The van der Waals surface area contributed by atoms with Crippen molar-refractivity contribution >= 4 is 61.6 Å². The summed E-state index contributed by atoms with van der Waals surface area (Å²) < 4.78 is 0.917. The van der Waals surface area contributed by atoms with E-state index in [2.05, 4.69) is 38.2 Å². The Morgan fingerprint density at radius 2 is 1.92 bits per heavy atom. The van der Waals surface area contributed by atoms with Gasteiger partial charge in [0.05, 0.1) is 16.2 Å². The monoisotopic (exact) mass is 488 g/mol. The molecule has 0 radical (unpaired) electrons. The van der Waals surface area contributed by atoms with Gasteiger partial charge in [-0.1, -0.05) is 20.8 Å². The van der Waals surface area contributed by atoms with Crippen LogP contribution in [0.4, 0.5) is 15.8 Å². The van der Waals surface area contributed by atoms with Crippen LogP contribution in [0.1, 0.15) is 43.6 Å². The van der Waals surface area contributed by atoms with Crippen LogP contribution in [-0.4, -0.2) is 21.7 Å². The lowest BCUT2D eigenvalue weighted by atomic mass is 9.84. The first-order valence-electron chi connectivity index (χ1n) is 7.53. The predicted octanol–water partition coefficient (Wildman–Crippen LogP) is 4.16. The van der Waals surface area contributed by atoms with E-state index in [-0.39, 0.29) is 27.0 Å². The molecule has 2 rings (SSSR count). The number of thiazole rings is 1. The molecule has 1 heterocycles. The number of aromatic nitrogens is 1. The molecule has 26 heavy (non-hydrogen) atoms. The number of nitrogens with one attached hydrogen (secondary N) is 2. The molecule has 1 aromatic heterocycles. The molecule has 10 heteroatoms. The number of carbonyl (C=O) groups excluding carboxylic acids is 2. The van der Waals surface area contributed by atoms with Crippen LogP contribution in [-0.2, 0) is 10.2 Å². The molecule has 0 atom stereocenters. The van der Waals surface area contributed by atoms with Crippen LogP contribution in [0.5, 0.6) is 0 Å². The zero-order valence-electron chi connectivity index (χ0n) is 14.5. The Morgan fingerprint density at radius 3 is 2.42 bits per heavy atom. The van der Waals surface area contributed by atoms with Crippen molar-refractivity contribution in [3.8, 4) is 0 Å². The molecule has 8 nitrogen and oxygen atoms in total. The molecule has 0 saturated heterocycles. The number of carbonyl (C=O) groups is 2. The zero-order valence-corrected chi connectivity index (χ0v) is 17.5. The van der Waals surface area contributed by atoms with Crippen LogP contribution in [0.15, 0.2) is 18.3 Å². The van der Waals surface area contributed by atoms with Crippen molar-refractivity contribution in [3.05, 3.63) is 43.1 Å². The third-order valence-electron chi connectivity index (χ3n) is 3.34. The molecule has 0 aliphatic rings. The summed E-state index contributed by atoms with van der Waals surface area (Å²) in [6.07, 6.45) is 1.09. The Hall–Kier alpha value is -2.08. The summed E-state index contributed by atoms with van der Waals surface area (Å²) >= 11 is 2.93. The molecular formula is C16H17IN4O4S. The maximum Gasteiger partial charge on any atom is 0.345 e. The minimum absolute atomic E-state index is 0.117. The zero-order chi connectivity index (χ0) is 19.6. The van der Waals surface area contributed by atoms with Gasteiger partial charge in [-0.05, 0) is 57.0 Å². The average molecular weight is 488 g/mol. The first-order chi connectivity index (χ1) is 12.0. The van der Waals surface area contributed by atoms with Crippen molar-refractivity contribution in [2.75, 3.05) is 10.6 Å². The highest BCUT2D eigenvalue weighted by molar-refractivity contribution is 14.1. The summed E-state index contributed by atoms with van der Waals surface area (Å²) in [5.74, 6) is -0.795. The van der Waals surface area contributed by atoms with Crippen molar-refractivity contribution in [2.24, 2.45) is 0 Å². The number of rotatable bonds is 4. The van der Waals surface area contributed by atoms with E-state index in [1.54, 1.807) is 12.1 Å². The first kappa shape index (κ1) is 20.2. The maximum atomic E-state index is 12.7. The molecule has 0 fully saturated rings. The second kappa shape index (κ2) is 7.66. The van der Waals surface area contributed by atoms with Crippen molar-refractivity contribution in [2.45, 2.75) is 33.1 Å². The number of anilines is 2. The van der Waals surface area contributed by atoms with E-state index in [1.165, 1.54) is 6.92 Å². The third-order valence-corrected chi connectivity index (χ3v) is 5.11. The smallest absolute Gasteiger partial charge is 0.325 e. The average Bonchev–Trinajstić information content (AvgIpc) is 2.93. The highest BCUT2D eigenvalue weighted by Crippen LogP contribution is 2.36. The van der Waals surface area contributed by atoms with Crippen LogP contribution in [0.2, 0.25) is 0 Å². The van der Waals surface area contributed by atoms with Gasteiger partial charge in [0.2, 0.25) is 5.91 Å². The normalized spacial score (nSPS) is 11.1. The predicted molar refractivity (Wildman–Crippen MR) is 109 cm³/mol. The largest absolute Gasteiger partial charge is 0.345 e. The van der Waals surface area contributed by atoms with Gasteiger partial charge in [0.15, 0.2) is 5.13 Å². The van der Waals surface area contributed by atoms with E-state index in [0.29, 0.717) is 5.69 Å². The van der Waals surface area contributed by atoms with Gasteiger partial charge in [-0.3, -0.25) is 25.0 Å². The van der Waals surface area contributed by atoms with E-state index < -0.39 is 10.8 Å². The van der Waals surface area contributed by atoms with Gasteiger partial charge in [-0.25, -0.2) is 4.98 Å². The highest BCUT2D eigenvalue weighted by Gasteiger charge is 2.27. The lowest BCUT2D eigenvalue weighted by Crippen LogP contribution is -2.23. The maximum absolute atomic E-state index is 12.7. The number of halogens is 1. The first-order valence-corrected chi connectivity index (χ1v) is 9.42. The van der Waals surface area contributed by atoms with Gasteiger partial charge in [0, 0.05) is 10.5 Å². The number of hydrogen-bond acceptors (Lipinski definition) is 6. The molecule has 0 saturated carbocycles. The Labute approximate surface area is 167 Å². The molecule has 0 aliphatic carbocycles. The van der Waals surface area contributed by atoms with E-state index in [0.717, 1.165) is 26.7 Å². The van der Waals surface area contributed by atoms with Gasteiger partial charge < -0.3 is 5.32 Å². The van der Waals surface area contributed by atoms with Crippen LogP contribution in [0.25, 0.3) is 0 Å². The fourth-order valence-electron chi connectivity index (χ4n) is 2.38. The Balaban J connectivity index is 2.48. The molecular weight excluding hydrogens is 471 g/mol. The van der Waals surface area contributed by atoms with Gasteiger partial charge in [-0.15, -0.1) is 0 Å². The Kier molecular flexibility index (Phi) is 5.96. The molecule has 2 N–H and O–H groups in total. The van der Waals surface area contributed by atoms with Crippen LogP contribution >= 0.6 is 33.9 Å². The summed E-state index contributed by atoms with van der Waals surface area (Å²) in [5.41, 5.74) is 1.22. The molecule has 138 valence electrons. The van der Waals surface area contributed by atoms with Gasteiger partial charge >= 0.3 is 5.00 Å². The quantitative estimate of drug-likeness (QED) is 0.381. The lowest BCUT2D eigenvalue weighted by molar-refractivity contribution is -0.380. The fourth-order valence-corrected chi connectivity index (χ4v) is 4.26. The second-order valence-electron chi connectivity index (χ2n) is 6.49. The topological polar surface area (TPSA) is 114 Å². The van der Waals surface area contributed by atoms with Crippen molar-refractivity contribution in [1.82, 2.24) is 4.98 Å². The van der Waals surface area contributed by atoms with Crippen LogP contribution in [0.3, 0.4) is 0 Å². The molecule has 0 unspecified atom stereocenters. The minimum Gasteiger partial charge on any atom is -0.325 e. The van der Waals surface area contributed by atoms with Crippen molar-refractivity contribution in [3.63, 3.8) is 0 Å². The van der Waals surface area contributed by atoms with Gasteiger partial charge in [-0.2, -0.15) is 0 Å². The lowest BCUT2D eigenvalue weighted by Gasteiger charge is -2.26. The standard InChI is InChI=1S/C16H17IN4O4S/c1-8(22)19-13-9(5-6-10(17)12(13)16(2,3)4)14(23)20-15-18-7-11(26-15)21(24)25/h5-7H,1-4H3,(H,19,22)(H,18,20,23). The number of nitrogens with zero attached hydrogens (tertiary/aromatic N) is 2. The molecule has 2 aromatic rings. The number of benzene rings is 1. The molecule has 2 amide bonds. The van der Waals surface area contributed by atoms with Gasteiger partial charge in [0.25, 0.3) is 5.91 Å². The van der Waals surface area contributed by atoms with Crippen molar-refractivity contribution in [1.29, 1.82) is 0 Å². The SMILES string of the molecule is CC(=O)Nc1c(C(=O)Nc2ncc([N+](=O)[O-])s2)ccc(I)c1C(C)(C)C. The Morgan fingerprint density at radius 1 is 1.27 bits per heavy atom. The highest BCUT2D eigenvalue weighted by atomic mass is 127. The van der Waals surface area contributed by atoms with E-state index in [1.807, 2.05) is 20.8 Å².